The summed E-state index contributed by atoms with van der Waals surface area (Å²) in [4.78, 5) is 36.8. The van der Waals surface area contributed by atoms with Crippen LogP contribution < -0.4 is 5.32 Å². The number of allylic oxidation sites excluding steroid dienone is 3. The lowest BCUT2D eigenvalue weighted by molar-refractivity contribution is -0.160. The molecule has 5 rings (SSSR count). The van der Waals surface area contributed by atoms with Gasteiger partial charge in [0, 0.05) is 36.6 Å². The van der Waals surface area contributed by atoms with Crippen molar-refractivity contribution in [2.75, 3.05) is 5.32 Å². The number of benzene rings is 1. The Kier molecular flexibility index (Phi) is 13.4. The molecule has 290 valence electrons. The van der Waals surface area contributed by atoms with E-state index in [9.17, 15) is 14.4 Å². The number of carboxylic acids is 1. The first-order chi connectivity index (χ1) is 25.1. The minimum atomic E-state index is -2.03. The van der Waals surface area contributed by atoms with Gasteiger partial charge in [-0.2, -0.15) is 0 Å². The van der Waals surface area contributed by atoms with Crippen LogP contribution in [0.2, 0.25) is 18.1 Å². The van der Waals surface area contributed by atoms with Gasteiger partial charge in [0.1, 0.15) is 17.9 Å². The molecule has 2 N–H and O–H groups in total. The molecule has 1 aliphatic heterocycles. The largest absolute Gasteiger partial charge is 0.481 e. The number of aromatic nitrogens is 3. The lowest BCUT2D eigenvalue weighted by Crippen LogP contribution is -2.47. The maximum atomic E-state index is 13.4. The molecule has 1 aromatic heterocycles. The monoisotopic (exact) mass is 748 g/mol. The highest BCUT2D eigenvalue weighted by Crippen LogP contribution is 2.46. The number of fused-ring (bicyclic) bond motifs is 1. The van der Waals surface area contributed by atoms with E-state index in [1.54, 1.807) is 0 Å². The van der Waals surface area contributed by atoms with E-state index >= 15 is 0 Å². The summed E-state index contributed by atoms with van der Waals surface area (Å²) in [5.41, 5.74) is 3.49. The van der Waals surface area contributed by atoms with Crippen LogP contribution in [0.15, 0.2) is 54.3 Å². The number of amides is 1. The van der Waals surface area contributed by atoms with E-state index in [0.29, 0.717) is 18.5 Å². The Morgan fingerprint density at radius 2 is 1.79 bits per heavy atom. The molecule has 11 nitrogen and oxygen atoms in total. The summed E-state index contributed by atoms with van der Waals surface area (Å²) in [5, 5.41) is 20.3. The van der Waals surface area contributed by atoms with Gasteiger partial charge < -0.3 is 19.0 Å². The number of nitrogens with zero attached hydrogens (tertiary/aromatic N) is 3. The van der Waals surface area contributed by atoms with Crippen molar-refractivity contribution >= 4 is 32.0 Å². The lowest BCUT2D eigenvalue weighted by atomic mass is 9.65. The minimum absolute atomic E-state index is 0.0604. The number of esters is 1. The summed E-state index contributed by atoms with van der Waals surface area (Å²) in [5.74, 6) is -0.0720. The second-order valence-electron chi connectivity index (χ2n) is 17.0. The van der Waals surface area contributed by atoms with Gasteiger partial charge in [-0.15, -0.1) is 5.10 Å². The summed E-state index contributed by atoms with van der Waals surface area (Å²) in [6.45, 7) is 16.2. The molecule has 2 aromatic rings. The van der Waals surface area contributed by atoms with Gasteiger partial charge in [-0.3, -0.25) is 19.6 Å². The van der Waals surface area contributed by atoms with Gasteiger partial charge in [0.2, 0.25) is 0 Å². The first-order valence-electron chi connectivity index (χ1n) is 19.5. The molecule has 0 saturated carbocycles. The molecule has 0 spiro atoms. The highest BCUT2D eigenvalue weighted by atomic mass is 28.4. The molecule has 0 bridgehead atoms. The standard InChI is InChI=1S/C41H60N4O7Si/c1-27-22-30-14-13-28(2)34(20-19-32-24-33(25-38(48)50-32)52-53(6,7)41(3,4)5)39(30)36(23-27)51-40(49)42-31-17-15-29(16-18-31)35-26-45(44-43-35)21-11-9-8-10-12-37(46)47/h13-18,22,26-28,32-34,36,39H,8-12,19-21,23-25H2,1-7H3,(H,42,49)(H,46,47)/t27-,28-,32+,33+,34-,36-,39-/m0/s1. The van der Waals surface area contributed by atoms with Crippen molar-refractivity contribution < 1.29 is 33.4 Å². The van der Waals surface area contributed by atoms with Crippen molar-refractivity contribution in [2.24, 2.45) is 23.7 Å². The number of carbonyl (C=O) groups excluding carboxylic acids is 2. The van der Waals surface area contributed by atoms with Crippen molar-refractivity contribution in [3.8, 4) is 11.3 Å². The number of carboxylic acid groups (broad SMARTS) is 1. The van der Waals surface area contributed by atoms with Crippen LogP contribution in [0.3, 0.4) is 0 Å². The van der Waals surface area contributed by atoms with Gasteiger partial charge in [0.05, 0.1) is 18.7 Å². The molecule has 1 saturated heterocycles. The number of cyclic esters (lactones) is 1. The third-order valence-electron chi connectivity index (χ3n) is 11.7. The van der Waals surface area contributed by atoms with Crippen LogP contribution in [0.25, 0.3) is 11.3 Å². The number of hydrogen-bond acceptors (Lipinski definition) is 8. The molecule has 1 amide bonds. The van der Waals surface area contributed by atoms with Crippen molar-refractivity contribution in [3.63, 3.8) is 0 Å². The first kappa shape index (κ1) is 40.4. The van der Waals surface area contributed by atoms with Gasteiger partial charge in [0.25, 0.3) is 0 Å². The van der Waals surface area contributed by atoms with Gasteiger partial charge in [-0.05, 0) is 85.7 Å². The van der Waals surface area contributed by atoms with Gasteiger partial charge in [-0.1, -0.05) is 83.0 Å². The minimum Gasteiger partial charge on any atom is -0.481 e. The smallest absolute Gasteiger partial charge is 0.411 e. The third-order valence-corrected chi connectivity index (χ3v) is 16.2. The zero-order valence-corrected chi connectivity index (χ0v) is 33.7. The van der Waals surface area contributed by atoms with Crippen LogP contribution in [0.5, 0.6) is 0 Å². The van der Waals surface area contributed by atoms with Gasteiger partial charge in [0.15, 0.2) is 8.32 Å². The molecule has 2 aliphatic carbocycles. The Morgan fingerprint density at radius 3 is 2.51 bits per heavy atom. The Morgan fingerprint density at radius 1 is 1.06 bits per heavy atom. The number of carbonyl (C=O) groups is 3. The van der Waals surface area contributed by atoms with Crippen LogP contribution in [-0.2, 0) is 30.0 Å². The molecule has 0 unspecified atom stereocenters. The van der Waals surface area contributed by atoms with Crippen molar-refractivity contribution in [1.82, 2.24) is 15.0 Å². The topological polar surface area (TPSA) is 142 Å². The molecule has 7 atom stereocenters. The van der Waals surface area contributed by atoms with Gasteiger partial charge in [-0.25, -0.2) is 4.79 Å². The van der Waals surface area contributed by atoms with E-state index in [1.165, 1.54) is 5.57 Å². The molecule has 1 fully saturated rings. The number of hydrogen-bond donors (Lipinski definition) is 2. The van der Waals surface area contributed by atoms with Crippen LogP contribution in [0.1, 0.15) is 98.8 Å². The van der Waals surface area contributed by atoms with Crippen LogP contribution in [0.4, 0.5) is 10.5 Å². The summed E-state index contributed by atoms with van der Waals surface area (Å²) in [6.07, 6.45) is 14.7. The summed E-state index contributed by atoms with van der Waals surface area (Å²) in [6, 6.07) is 7.50. The second kappa shape index (κ2) is 17.6. The molecule has 0 radical (unpaired) electrons. The molecule has 2 heterocycles. The quantitative estimate of drug-likeness (QED) is 0.104. The lowest BCUT2D eigenvalue weighted by Gasteiger charge is -2.44. The predicted octanol–water partition coefficient (Wildman–Crippen LogP) is 9.18. The van der Waals surface area contributed by atoms with Crippen molar-refractivity contribution in [3.05, 3.63) is 54.3 Å². The van der Waals surface area contributed by atoms with Crippen LogP contribution >= 0.6 is 0 Å². The summed E-state index contributed by atoms with van der Waals surface area (Å²) < 4.78 is 20.6. The molecular formula is C41H60N4O7Si. The number of aliphatic carboxylic acids is 1. The number of ether oxygens (including phenoxy) is 2. The zero-order chi connectivity index (χ0) is 38.3. The van der Waals surface area contributed by atoms with E-state index in [1.807, 2.05) is 35.1 Å². The average Bonchev–Trinajstić information content (AvgIpc) is 3.54. The maximum absolute atomic E-state index is 13.4. The van der Waals surface area contributed by atoms with E-state index < -0.39 is 20.4 Å². The van der Waals surface area contributed by atoms with Gasteiger partial charge >= 0.3 is 18.0 Å². The number of unbranched alkanes of at least 4 members (excludes halogenated alkanes) is 3. The number of anilines is 1. The average molecular weight is 749 g/mol. The Bertz CT molecular complexity index is 1630. The zero-order valence-electron chi connectivity index (χ0n) is 32.7. The summed E-state index contributed by atoms with van der Waals surface area (Å²) in [7, 11) is -2.03. The van der Waals surface area contributed by atoms with Crippen LogP contribution in [-0.4, -0.2) is 64.8 Å². The van der Waals surface area contributed by atoms with Crippen LogP contribution in [0, 0.1) is 23.7 Å². The van der Waals surface area contributed by atoms with E-state index in [2.05, 4.69) is 81.6 Å². The van der Waals surface area contributed by atoms with E-state index in [-0.39, 0.29) is 59.4 Å². The molecule has 1 aromatic carbocycles. The number of nitrogens with one attached hydrogen (secondary N) is 1. The Balaban J connectivity index is 1.16. The highest BCUT2D eigenvalue weighted by Gasteiger charge is 2.44. The fourth-order valence-electron chi connectivity index (χ4n) is 7.76. The van der Waals surface area contributed by atoms with Crippen molar-refractivity contribution in [1.29, 1.82) is 0 Å². The SMILES string of the molecule is C[C@H]1C=C2C=C[C@H](C)[C@H](CC[C@@H]3C[C@@H](O[Si](C)(C)C(C)(C)C)CC(=O)O3)[C@H]2[C@@H](OC(=O)Nc2ccc(-c3cn(CCCCCCC(=O)O)nn3)cc2)C1. The number of aryl methyl sites for hydroxylation is 1. The first-order valence-corrected chi connectivity index (χ1v) is 22.5. The Labute approximate surface area is 316 Å². The van der Waals surface area contributed by atoms with Crippen molar-refractivity contribution in [2.45, 2.75) is 142 Å². The molecule has 3 aliphatic rings. The number of rotatable bonds is 15. The normalized spacial score (nSPS) is 26.0. The Hall–Kier alpha value is -3.77. The third kappa shape index (κ3) is 11.1. The predicted molar refractivity (Wildman–Crippen MR) is 208 cm³/mol. The fraction of sp³-hybridized carbons (Fsp3) is 0.634. The summed E-state index contributed by atoms with van der Waals surface area (Å²) >= 11 is 0. The molecular weight excluding hydrogens is 689 g/mol. The second-order valence-corrected chi connectivity index (χ2v) is 21.7. The molecule has 12 heteroatoms. The van der Waals surface area contributed by atoms with E-state index in [0.717, 1.165) is 62.7 Å². The highest BCUT2D eigenvalue weighted by molar-refractivity contribution is 6.74. The van der Waals surface area contributed by atoms with E-state index in [4.69, 9.17) is 19.0 Å². The fourth-order valence-corrected chi connectivity index (χ4v) is 9.12. The molecule has 53 heavy (non-hydrogen) atoms. The maximum Gasteiger partial charge on any atom is 0.411 e.